The molecule has 14 heavy (non-hydrogen) atoms. The van der Waals surface area contributed by atoms with Gasteiger partial charge in [-0.25, -0.2) is 4.79 Å². The van der Waals surface area contributed by atoms with Gasteiger partial charge >= 0.3 is 12.0 Å². The van der Waals surface area contributed by atoms with Gasteiger partial charge in [-0.1, -0.05) is 6.92 Å². The smallest absolute Gasteiger partial charge is 0.323 e. The number of carboxylic acids is 1. The highest BCUT2D eigenvalue weighted by molar-refractivity contribution is 7.98. The average molecular weight is 220 g/mol. The number of hydrogen-bond donors (Lipinski definition) is 3. The molecule has 0 aromatic heterocycles. The standard InChI is InChI=1S/C8H16N2O3S/c1-6(5-14-2)3-9-8(13)10-4-7(11)12/h6H,3-5H2,1-2H3,(H,11,12)(H2,9,10,13). The number of amides is 2. The molecule has 0 aliphatic carbocycles. The normalized spacial score (nSPS) is 11.9. The first-order valence-electron chi connectivity index (χ1n) is 4.28. The molecule has 0 aliphatic rings. The highest BCUT2D eigenvalue weighted by atomic mass is 32.2. The molecule has 0 bridgehead atoms. The van der Waals surface area contributed by atoms with Crippen LogP contribution in [0.1, 0.15) is 6.92 Å². The fourth-order valence-electron chi connectivity index (χ4n) is 0.829. The van der Waals surface area contributed by atoms with Crippen LogP contribution in [-0.4, -0.2) is 42.2 Å². The predicted octanol–water partition coefficient (Wildman–Crippen LogP) is 0.369. The SMILES string of the molecule is CSCC(C)CNC(=O)NCC(=O)O. The molecule has 0 saturated carbocycles. The average Bonchev–Trinajstić information content (AvgIpc) is 2.12. The number of carbonyl (C=O) groups is 2. The van der Waals surface area contributed by atoms with Gasteiger partial charge in [-0.2, -0.15) is 11.8 Å². The van der Waals surface area contributed by atoms with Gasteiger partial charge < -0.3 is 15.7 Å². The van der Waals surface area contributed by atoms with Gasteiger partial charge in [-0.3, -0.25) is 4.79 Å². The van der Waals surface area contributed by atoms with Gasteiger partial charge in [0, 0.05) is 6.54 Å². The van der Waals surface area contributed by atoms with Crippen molar-refractivity contribution < 1.29 is 14.7 Å². The number of thioether (sulfide) groups is 1. The Morgan fingerprint density at radius 1 is 1.43 bits per heavy atom. The quantitative estimate of drug-likeness (QED) is 0.604. The van der Waals surface area contributed by atoms with Crippen molar-refractivity contribution in [3.8, 4) is 0 Å². The maximum atomic E-state index is 11.0. The van der Waals surface area contributed by atoms with Gasteiger partial charge in [0.15, 0.2) is 0 Å². The number of nitrogens with one attached hydrogen (secondary N) is 2. The van der Waals surface area contributed by atoms with Crippen molar-refractivity contribution in [2.45, 2.75) is 6.92 Å². The van der Waals surface area contributed by atoms with E-state index in [1.165, 1.54) is 0 Å². The van der Waals surface area contributed by atoms with Crippen LogP contribution in [0.2, 0.25) is 0 Å². The molecular weight excluding hydrogens is 204 g/mol. The van der Waals surface area contributed by atoms with E-state index in [-0.39, 0.29) is 6.54 Å². The second-order valence-corrected chi connectivity index (χ2v) is 3.93. The lowest BCUT2D eigenvalue weighted by Gasteiger charge is -2.11. The summed E-state index contributed by atoms with van der Waals surface area (Å²) >= 11 is 1.71. The van der Waals surface area contributed by atoms with Crippen molar-refractivity contribution >= 4 is 23.8 Å². The number of urea groups is 1. The minimum Gasteiger partial charge on any atom is -0.480 e. The van der Waals surface area contributed by atoms with Gasteiger partial charge in [-0.15, -0.1) is 0 Å². The van der Waals surface area contributed by atoms with Crippen LogP contribution < -0.4 is 10.6 Å². The molecule has 0 fully saturated rings. The van der Waals surface area contributed by atoms with Gasteiger partial charge in [-0.05, 0) is 17.9 Å². The highest BCUT2D eigenvalue weighted by Gasteiger charge is 2.05. The molecule has 0 rings (SSSR count). The minimum absolute atomic E-state index is 0.345. The number of rotatable bonds is 6. The van der Waals surface area contributed by atoms with Crippen molar-refractivity contribution in [2.75, 3.05) is 25.1 Å². The molecule has 0 aromatic rings. The largest absolute Gasteiger partial charge is 0.480 e. The molecule has 1 atom stereocenters. The zero-order valence-electron chi connectivity index (χ0n) is 8.37. The third kappa shape index (κ3) is 7.72. The predicted molar refractivity (Wildman–Crippen MR) is 56.6 cm³/mol. The molecule has 3 N–H and O–H groups in total. The van der Waals surface area contributed by atoms with E-state index in [4.69, 9.17) is 5.11 Å². The Labute approximate surface area is 87.6 Å². The summed E-state index contributed by atoms with van der Waals surface area (Å²) in [5, 5.41) is 13.1. The van der Waals surface area contributed by atoms with E-state index >= 15 is 0 Å². The first kappa shape index (κ1) is 13.1. The molecule has 5 nitrogen and oxygen atoms in total. The highest BCUT2D eigenvalue weighted by Crippen LogP contribution is 2.02. The molecule has 0 saturated heterocycles. The van der Waals surface area contributed by atoms with Crippen LogP contribution in [0.4, 0.5) is 4.79 Å². The molecule has 0 radical (unpaired) electrons. The van der Waals surface area contributed by atoms with Crippen LogP contribution in [-0.2, 0) is 4.79 Å². The Kier molecular flexibility index (Phi) is 7.00. The van der Waals surface area contributed by atoms with Crippen molar-refractivity contribution in [3.63, 3.8) is 0 Å². The van der Waals surface area contributed by atoms with Crippen LogP contribution in [0, 0.1) is 5.92 Å². The second-order valence-electron chi connectivity index (χ2n) is 3.02. The van der Waals surface area contributed by atoms with Crippen LogP contribution in [0.15, 0.2) is 0 Å². The summed E-state index contributed by atoms with van der Waals surface area (Å²) in [6, 6.07) is -0.430. The Morgan fingerprint density at radius 2 is 2.07 bits per heavy atom. The Bertz CT molecular complexity index is 199. The number of hydrogen-bond acceptors (Lipinski definition) is 3. The van der Waals surface area contributed by atoms with Crippen molar-refractivity contribution in [3.05, 3.63) is 0 Å². The Hall–Kier alpha value is -0.910. The maximum Gasteiger partial charge on any atom is 0.323 e. The zero-order valence-corrected chi connectivity index (χ0v) is 9.19. The van der Waals surface area contributed by atoms with Crippen LogP contribution in [0.3, 0.4) is 0 Å². The fraction of sp³-hybridized carbons (Fsp3) is 0.750. The topological polar surface area (TPSA) is 78.4 Å². The summed E-state index contributed by atoms with van der Waals surface area (Å²) in [7, 11) is 0. The lowest BCUT2D eigenvalue weighted by atomic mass is 10.2. The lowest BCUT2D eigenvalue weighted by Crippen LogP contribution is -2.40. The third-order valence-electron chi connectivity index (χ3n) is 1.46. The Morgan fingerprint density at radius 3 is 2.57 bits per heavy atom. The summed E-state index contributed by atoms with van der Waals surface area (Å²) in [5.74, 6) is 0.317. The molecular formula is C8H16N2O3S. The van der Waals surface area contributed by atoms with E-state index in [1.807, 2.05) is 13.2 Å². The number of carboxylic acid groups (broad SMARTS) is 1. The molecule has 0 aromatic carbocycles. The summed E-state index contributed by atoms with van der Waals surface area (Å²) in [6.07, 6.45) is 2.00. The monoisotopic (exact) mass is 220 g/mol. The number of carbonyl (C=O) groups excluding carboxylic acids is 1. The fourth-order valence-corrected chi connectivity index (χ4v) is 1.52. The van der Waals surface area contributed by atoms with E-state index < -0.39 is 12.0 Å². The first-order chi connectivity index (χ1) is 6.56. The van der Waals surface area contributed by atoms with E-state index in [0.717, 1.165) is 5.75 Å². The van der Waals surface area contributed by atoms with Gasteiger partial charge in [0.05, 0.1) is 0 Å². The molecule has 0 spiro atoms. The number of aliphatic carboxylic acids is 1. The first-order valence-corrected chi connectivity index (χ1v) is 5.68. The molecule has 1 unspecified atom stereocenters. The third-order valence-corrected chi connectivity index (χ3v) is 2.36. The summed E-state index contributed by atoms with van der Waals surface area (Å²) in [6.45, 7) is 2.24. The summed E-state index contributed by atoms with van der Waals surface area (Å²) in [4.78, 5) is 21.1. The van der Waals surface area contributed by atoms with E-state index in [9.17, 15) is 9.59 Å². The summed E-state index contributed by atoms with van der Waals surface area (Å²) in [5.41, 5.74) is 0. The van der Waals surface area contributed by atoms with E-state index in [1.54, 1.807) is 11.8 Å². The van der Waals surface area contributed by atoms with Gasteiger partial charge in [0.25, 0.3) is 0 Å². The maximum absolute atomic E-state index is 11.0. The van der Waals surface area contributed by atoms with E-state index in [2.05, 4.69) is 10.6 Å². The molecule has 0 heterocycles. The van der Waals surface area contributed by atoms with Gasteiger partial charge in [0.1, 0.15) is 6.54 Å². The van der Waals surface area contributed by atoms with Crippen molar-refractivity contribution in [1.29, 1.82) is 0 Å². The molecule has 82 valence electrons. The van der Waals surface area contributed by atoms with Crippen LogP contribution in [0.5, 0.6) is 0 Å². The molecule has 0 aliphatic heterocycles. The van der Waals surface area contributed by atoms with Gasteiger partial charge in [0.2, 0.25) is 0 Å². The lowest BCUT2D eigenvalue weighted by molar-refractivity contribution is -0.135. The van der Waals surface area contributed by atoms with Crippen molar-refractivity contribution in [1.82, 2.24) is 10.6 Å². The zero-order chi connectivity index (χ0) is 11.0. The molecule has 2 amide bonds. The van der Waals surface area contributed by atoms with Crippen molar-refractivity contribution in [2.24, 2.45) is 5.92 Å². The minimum atomic E-state index is -1.04. The van der Waals surface area contributed by atoms with Crippen LogP contribution >= 0.6 is 11.8 Å². The molecule has 6 heteroatoms. The summed E-state index contributed by atoms with van der Waals surface area (Å²) < 4.78 is 0. The second kappa shape index (κ2) is 7.49. The van der Waals surface area contributed by atoms with E-state index in [0.29, 0.717) is 12.5 Å². The Balaban J connectivity index is 3.48. The van der Waals surface area contributed by atoms with Crippen LogP contribution in [0.25, 0.3) is 0 Å².